The molecular weight excluding hydrogens is 152 g/mol. The zero-order valence-electron chi connectivity index (χ0n) is 5.45. The molecule has 4 nitrogen and oxygen atoms in total. The van der Waals surface area contributed by atoms with Crippen molar-refractivity contribution < 1.29 is 0 Å². The van der Waals surface area contributed by atoms with E-state index in [-0.39, 0.29) is 12.4 Å². The minimum Gasteiger partial charge on any atom is -0.354 e. The molecule has 0 saturated carbocycles. The number of aryl methyl sites for hydroxylation is 1. The monoisotopic (exact) mass is 160 g/mol. The summed E-state index contributed by atoms with van der Waals surface area (Å²) in [4.78, 5) is 4.00. The lowest BCUT2D eigenvalue weighted by Crippen LogP contribution is -2.17. The third-order valence-electron chi connectivity index (χ3n) is 1.45. The Balaban J connectivity index is 0.000000500. The molecule has 0 aromatic carbocycles. The highest BCUT2D eigenvalue weighted by Crippen LogP contribution is 2.06. The Hall–Kier alpha value is -0.770. The molecule has 0 unspecified atom stereocenters. The number of fused-ring (bicyclic) bond motifs is 1. The fourth-order valence-electron chi connectivity index (χ4n) is 0.994. The highest BCUT2D eigenvalue weighted by Gasteiger charge is 2.06. The Morgan fingerprint density at radius 1 is 1.60 bits per heavy atom. The van der Waals surface area contributed by atoms with E-state index >= 15 is 0 Å². The number of aromatic nitrogens is 3. The molecule has 0 fully saturated rings. The lowest BCUT2D eigenvalue weighted by Gasteiger charge is -2.12. The number of halogens is 1. The van der Waals surface area contributed by atoms with Gasteiger partial charge in [0, 0.05) is 13.1 Å². The minimum absolute atomic E-state index is 0. The van der Waals surface area contributed by atoms with Gasteiger partial charge in [0.1, 0.15) is 6.33 Å². The van der Waals surface area contributed by atoms with E-state index in [0.717, 1.165) is 25.5 Å². The third kappa shape index (κ3) is 1.07. The lowest BCUT2D eigenvalue weighted by molar-refractivity contribution is 0.565. The van der Waals surface area contributed by atoms with E-state index in [0.29, 0.717) is 0 Å². The second-order valence-electron chi connectivity index (χ2n) is 2.09. The molecule has 0 saturated heterocycles. The van der Waals surface area contributed by atoms with Gasteiger partial charge >= 0.3 is 0 Å². The van der Waals surface area contributed by atoms with Crippen LogP contribution in [0, 0.1) is 0 Å². The van der Waals surface area contributed by atoms with E-state index in [1.807, 2.05) is 4.68 Å². The van der Waals surface area contributed by atoms with E-state index in [4.69, 9.17) is 0 Å². The van der Waals surface area contributed by atoms with Crippen molar-refractivity contribution in [2.45, 2.75) is 13.0 Å². The van der Waals surface area contributed by atoms with Gasteiger partial charge in [-0.1, -0.05) is 0 Å². The second kappa shape index (κ2) is 2.88. The quantitative estimate of drug-likeness (QED) is 0.602. The normalized spacial score (nSPS) is 14.8. The van der Waals surface area contributed by atoms with Gasteiger partial charge in [0.15, 0.2) is 0 Å². The SMILES string of the molecule is Cl.c1nc2n(n1)CCCN2. The summed E-state index contributed by atoms with van der Waals surface area (Å²) in [7, 11) is 0. The maximum absolute atomic E-state index is 4.00. The fourth-order valence-corrected chi connectivity index (χ4v) is 0.994. The van der Waals surface area contributed by atoms with Gasteiger partial charge in [-0.25, -0.2) is 4.68 Å². The van der Waals surface area contributed by atoms with Crippen molar-refractivity contribution in [3.63, 3.8) is 0 Å². The van der Waals surface area contributed by atoms with Crippen LogP contribution in [-0.2, 0) is 6.54 Å². The first-order valence-electron chi connectivity index (χ1n) is 3.08. The Morgan fingerprint density at radius 2 is 2.50 bits per heavy atom. The van der Waals surface area contributed by atoms with Gasteiger partial charge < -0.3 is 5.32 Å². The molecular formula is C5H9ClN4. The number of anilines is 1. The van der Waals surface area contributed by atoms with Crippen molar-refractivity contribution in [3.05, 3.63) is 6.33 Å². The van der Waals surface area contributed by atoms with Gasteiger partial charge in [-0.3, -0.25) is 0 Å². The zero-order chi connectivity index (χ0) is 6.10. The maximum Gasteiger partial charge on any atom is 0.221 e. The average molecular weight is 161 g/mol. The molecule has 2 heterocycles. The highest BCUT2D eigenvalue weighted by atomic mass is 35.5. The molecule has 1 N–H and O–H groups in total. The standard InChI is InChI=1S/C5H8N4.ClH/c1-2-6-5-7-4-8-9(5)3-1;/h4H,1-3H2,(H,6,7,8);1H. The van der Waals surface area contributed by atoms with Crippen LogP contribution in [0.1, 0.15) is 6.42 Å². The molecule has 10 heavy (non-hydrogen) atoms. The summed E-state index contributed by atoms with van der Waals surface area (Å²) in [6.07, 6.45) is 2.73. The Bertz CT molecular complexity index is 189. The summed E-state index contributed by atoms with van der Waals surface area (Å²) in [5, 5.41) is 7.13. The van der Waals surface area contributed by atoms with Crippen LogP contribution in [0.3, 0.4) is 0 Å². The van der Waals surface area contributed by atoms with E-state index in [1.165, 1.54) is 0 Å². The Kier molecular flexibility index (Phi) is 2.11. The average Bonchev–Trinajstić information content (AvgIpc) is 2.33. The van der Waals surface area contributed by atoms with E-state index in [2.05, 4.69) is 15.4 Å². The summed E-state index contributed by atoms with van der Waals surface area (Å²) in [6, 6.07) is 0. The smallest absolute Gasteiger partial charge is 0.221 e. The number of rotatable bonds is 0. The minimum atomic E-state index is 0. The van der Waals surface area contributed by atoms with Gasteiger partial charge in [-0.15, -0.1) is 12.4 Å². The number of nitrogens with one attached hydrogen (secondary N) is 1. The van der Waals surface area contributed by atoms with Crippen LogP contribution in [0.4, 0.5) is 5.95 Å². The summed E-state index contributed by atoms with van der Waals surface area (Å²) in [5.74, 6) is 0.904. The molecule has 56 valence electrons. The molecule has 5 heteroatoms. The molecule has 2 rings (SSSR count). The fraction of sp³-hybridized carbons (Fsp3) is 0.600. The van der Waals surface area contributed by atoms with Gasteiger partial charge in [-0.05, 0) is 6.42 Å². The number of hydrogen-bond donors (Lipinski definition) is 1. The van der Waals surface area contributed by atoms with Gasteiger partial charge in [0.2, 0.25) is 5.95 Å². The van der Waals surface area contributed by atoms with Crippen LogP contribution in [0.5, 0.6) is 0 Å². The molecule has 0 spiro atoms. The molecule has 0 atom stereocenters. The second-order valence-corrected chi connectivity index (χ2v) is 2.09. The Morgan fingerprint density at radius 3 is 3.30 bits per heavy atom. The predicted molar refractivity (Wildman–Crippen MR) is 40.4 cm³/mol. The summed E-state index contributed by atoms with van der Waals surface area (Å²) in [6.45, 7) is 2.03. The molecule has 1 aromatic heterocycles. The molecule has 0 bridgehead atoms. The van der Waals surface area contributed by atoms with Crippen LogP contribution in [0.15, 0.2) is 6.33 Å². The maximum atomic E-state index is 4.00. The zero-order valence-corrected chi connectivity index (χ0v) is 6.27. The third-order valence-corrected chi connectivity index (χ3v) is 1.45. The number of nitrogens with zero attached hydrogens (tertiary/aromatic N) is 3. The largest absolute Gasteiger partial charge is 0.354 e. The molecule has 0 amide bonds. The first-order valence-corrected chi connectivity index (χ1v) is 3.08. The summed E-state index contributed by atoms with van der Waals surface area (Å²) >= 11 is 0. The van der Waals surface area contributed by atoms with Crippen molar-refractivity contribution in [1.29, 1.82) is 0 Å². The van der Waals surface area contributed by atoms with Crippen molar-refractivity contribution in [2.75, 3.05) is 11.9 Å². The molecule has 0 aliphatic carbocycles. The Labute approximate surface area is 65.1 Å². The van der Waals surface area contributed by atoms with Gasteiger partial charge in [-0.2, -0.15) is 10.1 Å². The van der Waals surface area contributed by atoms with Crippen LogP contribution in [-0.4, -0.2) is 21.3 Å². The van der Waals surface area contributed by atoms with E-state index in [9.17, 15) is 0 Å². The lowest BCUT2D eigenvalue weighted by atomic mass is 10.4. The van der Waals surface area contributed by atoms with Crippen molar-refractivity contribution in [1.82, 2.24) is 14.8 Å². The molecule has 1 aliphatic rings. The molecule has 1 aliphatic heterocycles. The topological polar surface area (TPSA) is 42.7 Å². The van der Waals surface area contributed by atoms with E-state index < -0.39 is 0 Å². The highest BCUT2D eigenvalue weighted by molar-refractivity contribution is 5.85. The van der Waals surface area contributed by atoms with Crippen molar-refractivity contribution in [3.8, 4) is 0 Å². The van der Waals surface area contributed by atoms with Gasteiger partial charge in [0.25, 0.3) is 0 Å². The predicted octanol–water partition coefficient (Wildman–Crippen LogP) is 0.515. The van der Waals surface area contributed by atoms with Crippen LogP contribution in [0.2, 0.25) is 0 Å². The van der Waals surface area contributed by atoms with Crippen molar-refractivity contribution in [2.24, 2.45) is 0 Å². The first-order chi connectivity index (χ1) is 4.47. The van der Waals surface area contributed by atoms with E-state index in [1.54, 1.807) is 6.33 Å². The molecule has 0 radical (unpaired) electrons. The van der Waals surface area contributed by atoms with Gasteiger partial charge in [0.05, 0.1) is 0 Å². The van der Waals surface area contributed by atoms with Crippen LogP contribution < -0.4 is 5.32 Å². The van der Waals surface area contributed by atoms with Crippen molar-refractivity contribution >= 4 is 18.4 Å². The first kappa shape index (κ1) is 7.34. The molecule has 1 aromatic rings. The summed E-state index contributed by atoms with van der Waals surface area (Å²) in [5.41, 5.74) is 0. The number of hydrogen-bond acceptors (Lipinski definition) is 3. The van der Waals surface area contributed by atoms with Crippen LogP contribution in [0.25, 0.3) is 0 Å². The summed E-state index contributed by atoms with van der Waals surface area (Å²) < 4.78 is 1.88. The van der Waals surface area contributed by atoms with Crippen LogP contribution >= 0.6 is 12.4 Å².